The van der Waals surface area contributed by atoms with Gasteiger partial charge in [0.1, 0.15) is 5.69 Å². The summed E-state index contributed by atoms with van der Waals surface area (Å²) in [7, 11) is 1.31. The molecule has 7 nitrogen and oxygen atoms in total. The third kappa shape index (κ3) is 4.54. The van der Waals surface area contributed by atoms with Gasteiger partial charge >= 0.3 is 5.97 Å². The lowest BCUT2D eigenvalue weighted by molar-refractivity contribution is 0.0600. The molecule has 0 atom stereocenters. The van der Waals surface area contributed by atoms with Crippen LogP contribution in [-0.2, 0) is 4.74 Å². The molecule has 1 aliphatic heterocycles. The number of rotatable bonds is 4. The average Bonchev–Trinajstić information content (AvgIpc) is 2.69. The molecule has 27 heavy (non-hydrogen) atoms. The van der Waals surface area contributed by atoms with Gasteiger partial charge in [-0.3, -0.25) is 4.79 Å². The molecule has 0 spiro atoms. The van der Waals surface area contributed by atoms with Crippen LogP contribution < -0.4 is 5.32 Å². The summed E-state index contributed by atoms with van der Waals surface area (Å²) in [4.78, 5) is 34.6. The van der Waals surface area contributed by atoms with Crippen molar-refractivity contribution in [1.82, 2.24) is 14.9 Å². The molecule has 0 radical (unpaired) electrons. The molecule has 1 saturated heterocycles. The monoisotopic (exact) mass is 388 g/mol. The Morgan fingerprint density at radius 2 is 2.00 bits per heavy atom. The molecule has 2 heterocycles. The van der Waals surface area contributed by atoms with Crippen LogP contribution in [-0.4, -0.2) is 46.9 Å². The molecule has 1 aromatic carbocycles. The predicted octanol–water partition coefficient (Wildman–Crippen LogP) is 3.53. The first-order valence-electron chi connectivity index (χ1n) is 8.75. The number of piperidine rings is 1. The smallest absolute Gasteiger partial charge is 0.337 e. The van der Waals surface area contributed by atoms with Gasteiger partial charge in [-0.25, -0.2) is 14.8 Å². The number of methoxy groups -OCH3 is 1. The Morgan fingerprint density at radius 3 is 2.70 bits per heavy atom. The first kappa shape index (κ1) is 19.1. The number of halogens is 1. The van der Waals surface area contributed by atoms with Crippen molar-refractivity contribution in [3.05, 3.63) is 46.7 Å². The van der Waals surface area contributed by atoms with Gasteiger partial charge in [0, 0.05) is 19.3 Å². The maximum atomic E-state index is 12.7. The van der Waals surface area contributed by atoms with Gasteiger partial charge in [0.15, 0.2) is 0 Å². The number of aromatic nitrogens is 2. The van der Waals surface area contributed by atoms with Crippen LogP contribution in [0, 0.1) is 5.92 Å². The molecule has 0 bridgehead atoms. The largest absolute Gasteiger partial charge is 0.465 e. The van der Waals surface area contributed by atoms with Gasteiger partial charge < -0.3 is 15.0 Å². The number of hydrogen-bond donors (Lipinski definition) is 1. The number of nitrogens with one attached hydrogen (secondary N) is 1. The van der Waals surface area contributed by atoms with Gasteiger partial charge in [-0.15, -0.1) is 0 Å². The molecule has 1 aliphatic rings. The van der Waals surface area contributed by atoms with Crippen LogP contribution in [0.3, 0.4) is 0 Å². The number of likely N-dealkylation sites (tertiary alicyclic amines) is 1. The van der Waals surface area contributed by atoms with Gasteiger partial charge in [0.2, 0.25) is 5.95 Å². The SMILES string of the molecule is COC(=O)c1ccc(Cl)c(Nc2nccc(C(=O)N3CCC(C)CC3)n2)c1. The molecule has 8 heteroatoms. The molecule has 2 aromatic rings. The highest BCUT2D eigenvalue weighted by Crippen LogP contribution is 2.26. The summed E-state index contributed by atoms with van der Waals surface area (Å²) in [6, 6.07) is 6.30. The van der Waals surface area contributed by atoms with E-state index in [0.29, 0.717) is 27.9 Å². The number of nitrogens with zero attached hydrogens (tertiary/aromatic N) is 3. The van der Waals surface area contributed by atoms with Crippen LogP contribution in [0.4, 0.5) is 11.6 Å². The lowest BCUT2D eigenvalue weighted by atomic mass is 9.99. The molecule has 3 rings (SSSR count). The summed E-state index contributed by atoms with van der Waals surface area (Å²) in [5.41, 5.74) is 1.12. The number of ether oxygens (including phenoxy) is 1. The Kier molecular flexibility index (Phi) is 5.91. The van der Waals surface area contributed by atoms with Gasteiger partial charge in [-0.05, 0) is 43.0 Å². The molecule has 0 saturated carbocycles. The van der Waals surface area contributed by atoms with Crippen LogP contribution in [0.15, 0.2) is 30.5 Å². The van der Waals surface area contributed by atoms with E-state index >= 15 is 0 Å². The van der Waals surface area contributed by atoms with Crippen LogP contribution in [0.25, 0.3) is 0 Å². The van der Waals surface area contributed by atoms with Crippen molar-refractivity contribution in [3.63, 3.8) is 0 Å². The zero-order chi connectivity index (χ0) is 19.4. The van der Waals surface area contributed by atoms with Crippen molar-refractivity contribution in [2.24, 2.45) is 5.92 Å². The predicted molar refractivity (Wildman–Crippen MR) is 102 cm³/mol. The second-order valence-corrected chi connectivity index (χ2v) is 6.96. The molecule has 1 amide bonds. The Labute approximate surface area is 162 Å². The molecule has 142 valence electrons. The molecule has 1 aromatic heterocycles. The van der Waals surface area contributed by atoms with Crippen LogP contribution in [0.1, 0.15) is 40.6 Å². The minimum atomic E-state index is -0.473. The van der Waals surface area contributed by atoms with Crippen molar-refractivity contribution in [2.45, 2.75) is 19.8 Å². The van der Waals surface area contributed by atoms with E-state index in [1.54, 1.807) is 24.3 Å². The summed E-state index contributed by atoms with van der Waals surface area (Å²) in [5.74, 6) is 0.289. The van der Waals surface area contributed by atoms with E-state index < -0.39 is 5.97 Å². The highest BCUT2D eigenvalue weighted by Gasteiger charge is 2.22. The number of hydrogen-bond acceptors (Lipinski definition) is 6. The van der Waals surface area contributed by atoms with Crippen molar-refractivity contribution in [2.75, 3.05) is 25.5 Å². The van der Waals surface area contributed by atoms with Crippen molar-refractivity contribution >= 4 is 35.1 Å². The van der Waals surface area contributed by atoms with E-state index in [-0.39, 0.29) is 11.9 Å². The number of carbonyl (C=O) groups is 2. The Hall–Kier alpha value is -2.67. The standard InChI is InChI=1S/C19H21ClN4O3/c1-12-6-9-24(10-7-12)17(25)15-5-8-21-19(22-15)23-16-11-13(18(26)27-2)3-4-14(16)20/h3-5,8,11-12H,6-7,9-10H2,1-2H3,(H,21,22,23). The third-order valence-corrected chi connectivity index (χ3v) is 4.91. The topological polar surface area (TPSA) is 84.4 Å². The number of esters is 1. The lowest BCUT2D eigenvalue weighted by Gasteiger charge is -2.30. The third-order valence-electron chi connectivity index (χ3n) is 4.58. The number of anilines is 2. The van der Waals surface area contributed by atoms with E-state index in [1.165, 1.54) is 13.3 Å². The summed E-state index contributed by atoms with van der Waals surface area (Å²) < 4.78 is 4.72. The Bertz CT molecular complexity index is 851. The molecule has 0 unspecified atom stereocenters. The minimum absolute atomic E-state index is 0.109. The second-order valence-electron chi connectivity index (χ2n) is 6.55. The van der Waals surface area contributed by atoms with Crippen molar-refractivity contribution in [3.8, 4) is 0 Å². The van der Waals surface area contributed by atoms with Gasteiger partial charge in [-0.1, -0.05) is 18.5 Å². The van der Waals surface area contributed by atoms with Crippen LogP contribution >= 0.6 is 11.6 Å². The van der Waals surface area contributed by atoms with Gasteiger partial charge in [0.25, 0.3) is 5.91 Å². The summed E-state index contributed by atoms with van der Waals surface area (Å²) >= 11 is 6.19. The number of carbonyl (C=O) groups excluding carboxylic acids is 2. The summed E-state index contributed by atoms with van der Waals surface area (Å²) in [5, 5.41) is 3.36. The highest BCUT2D eigenvalue weighted by molar-refractivity contribution is 6.33. The minimum Gasteiger partial charge on any atom is -0.465 e. The summed E-state index contributed by atoms with van der Waals surface area (Å²) in [6.07, 6.45) is 3.52. The quantitative estimate of drug-likeness (QED) is 0.806. The zero-order valence-electron chi connectivity index (χ0n) is 15.2. The van der Waals surface area contributed by atoms with E-state index in [0.717, 1.165) is 25.9 Å². The van der Waals surface area contributed by atoms with Crippen molar-refractivity contribution in [1.29, 1.82) is 0 Å². The first-order chi connectivity index (χ1) is 13.0. The zero-order valence-corrected chi connectivity index (χ0v) is 16.0. The Morgan fingerprint density at radius 1 is 1.26 bits per heavy atom. The normalized spacial score (nSPS) is 14.7. The first-order valence-corrected chi connectivity index (χ1v) is 9.13. The molecule has 1 N–H and O–H groups in total. The van der Waals surface area contributed by atoms with Gasteiger partial charge in [0.05, 0.1) is 23.4 Å². The number of amides is 1. The molecular formula is C19H21ClN4O3. The highest BCUT2D eigenvalue weighted by atomic mass is 35.5. The fourth-order valence-corrected chi connectivity index (χ4v) is 3.06. The van der Waals surface area contributed by atoms with E-state index in [4.69, 9.17) is 16.3 Å². The van der Waals surface area contributed by atoms with E-state index in [9.17, 15) is 9.59 Å². The summed E-state index contributed by atoms with van der Waals surface area (Å²) in [6.45, 7) is 3.67. The van der Waals surface area contributed by atoms with E-state index in [1.807, 2.05) is 4.90 Å². The van der Waals surface area contributed by atoms with Gasteiger partial charge in [-0.2, -0.15) is 0 Å². The van der Waals surface area contributed by atoms with Crippen molar-refractivity contribution < 1.29 is 14.3 Å². The molecule has 0 aliphatic carbocycles. The average molecular weight is 389 g/mol. The molecular weight excluding hydrogens is 368 g/mol. The maximum absolute atomic E-state index is 12.7. The maximum Gasteiger partial charge on any atom is 0.337 e. The van der Waals surface area contributed by atoms with E-state index in [2.05, 4.69) is 22.2 Å². The fourth-order valence-electron chi connectivity index (χ4n) is 2.90. The van der Waals surface area contributed by atoms with Crippen LogP contribution in [0.5, 0.6) is 0 Å². The lowest BCUT2D eigenvalue weighted by Crippen LogP contribution is -2.38. The van der Waals surface area contributed by atoms with Crippen LogP contribution in [0.2, 0.25) is 5.02 Å². The molecule has 1 fully saturated rings. The number of benzene rings is 1. The fraction of sp³-hybridized carbons (Fsp3) is 0.368. The second kappa shape index (κ2) is 8.35. The Balaban J connectivity index is 1.78.